The molecule has 2 aliphatic rings. The van der Waals surface area contributed by atoms with E-state index >= 15 is 0 Å². The Balaban J connectivity index is 1.39. The van der Waals surface area contributed by atoms with Crippen LogP contribution in [0.5, 0.6) is 0 Å². The van der Waals surface area contributed by atoms with Gasteiger partial charge in [0.1, 0.15) is 23.6 Å². The van der Waals surface area contributed by atoms with Crippen LogP contribution in [0.2, 0.25) is 10.0 Å². The highest BCUT2D eigenvalue weighted by Gasteiger charge is 2.24. The monoisotopic (exact) mass is 535 g/mol. The number of rotatable bonds is 6. The van der Waals surface area contributed by atoms with Gasteiger partial charge in [0.05, 0.1) is 11.4 Å². The van der Waals surface area contributed by atoms with E-state index in [1.165, 1.54) is 12.1 Å². The third kappa shape index (κ3) is 7.60. The number of nitrogens with two attached hydrogens (primary N) is 1. The van der Waals surface area contributed by atoms with Crippen LogP contribution >= 0.6 is 23.2 Å². The summed E-state index contributed by atoms with van der Waals surface area (Å²) in [6.45, 7) is 3.70. The number of cyclic esters (lactones) is 2. The molecule has 0 saturated carbocycles. The third-order valence-corrected chi connectivity index (χ3v) is 6.69. The number of halogens is 2. The Bertz CT molecular complexity index is 1090. The predicted octanol–water partition coefficient (Wildman–Crippen LogP) is 3.36. The number of carbonyl (C=O) groups excluding carboxylic acids is 2. The average molecular weight is 536 g/mol. The maximum Gasteiger partial charge on any atom is 0.357 e. The Morgan fingerprint density at radius 2 is 1.56 bits per heavy atom. The van der Waals surface area contributed by atoms with E-state index < -0.39 is 11.9 Å². The van der Waals surface area contributed by atoms with Gasteiger partial charge >= 0.3 is 11.9 Å². The Labute approximate surface area is 220 Å². The Morgan fingerprint density at radius 3 is 2.22 bits per heavy atom. The lowest BCUT2D eigenvalue weighted by atomic mass is 10.0. The second-order valence-corrected chi connectivity index (χ2v) is 10.0. The zero-order valence-corrected chi connectivity index (χ0v) is 21.6. The summed E-state index contributed by atoms with van der Waals surface area (Å²) in [5.74, 6) is -0.954. The molecule has 36 heavy (non-hydrogen) atoms. The molecule has 9 nitrogen and oxygen atoms in total. The summed E-state index contributed by atoms with van der Waals surface area (Å²) in [4.78, 5) is 36.4. The molecule has 11 heteroatoms. The molecule has 0 aromatic carbocycles. The van der Waals surface area contributed by atoms with E-state index in [-0.39, 0.29) is 23.6 Å². The van der Waals surface area contributed by atoms with Crippen LogP contribution in [0.1, 0.15) is 64.5 Å². The number of ether oxygens (including phenoxy) is 2. The smallest absolute Gasteiger partial charge is 0.357 e. The number of hydrogen-bond donors (Lipinski definition) is 2. The lowest BCUT2D eigenvalue weighted by molar-refractivity contribution is 0.0162. The molecule has 4 bridgehead atoms. The number of fused-ring (bicyclic) bond motifs is 4. The van der Waals surface area contributed by atoms with Crippen LogP contribution in [0.3, 0.4) is 0 Å². The molecule has 0 aliphatic carbocycles. The second kappa shape index (κ2) is 12.8. The van der Waals surface area contributed by atoms with Gasteiger partial charge in [0.25, 0.3) is 0 Å². The van der Waals surface area contributed by atoms with Gasteiger partial charge in [-0.05, 0) is 62.9 Å². The molecular formula is C25H31Cl2N5O4. The molecule has 194 valence electrons. The lowest BCUT2D eigenvalue weighted by Crippen LogP contribution is -2.34. The van der Waals surface area contributed by atoms with Gasteiger partial charge in [0.15, 0.2) is 0 Å². The van der Waals surface area contributed by atoms with Gasteiger partial charge in [0, 0.05) is 42.8 Å². The molecule has 0 spiro atoms. The van der Waals surface area contributed by atoms with Gasteiger partial charge < -0.3 is 20.5 Å². The fraction of sp³-hybridized carbons (Fsp3) is 0.520. The fourth-order valence-electron chi connectivity index (χ4n) is 4.49. The number of aromatic nitrogens is 2. The largest absolute Gasteiger partial charge is 0.458 e. The third-order valence-electron chi connectivity index (χ3n) is 6.25. The van der Waals surface area contributed by atoms with Gasteiger partial charge in [-0.3, -0.25) is 4.90 Å². The number of hydrogen-bond acceptors (Lipinski definition) is 9. The van der Waals surface area contributed by atoms with Crippen molar-refractivity contribution in [2.75, 3.05) is 26.2 Å². The zero-order valence-electron chi connectivity index (χ0n) is 20.1. The molecule has 4 rings (SSSR count). The van der Waals surface area contributed by atoms with Gasteiger partial charge in [-0.2, -0.15) is 0 Å². The van der Waals surface area contributed by atoms with Crippen molar-refractivity contribution in [3.8, 4) is 0 Å². The molecule has 4 heterocycles. The fourth-order valence-corrected chi connectivity index (χ4v) is 4.95. The highest BCUT2D eigenvalue weighted by Crippen LogP contribution is 2.21. The average Bonchev–Trinajstić information content (AvgIpc) is 2.83. The van der Waals surface area contributed by atoms with Gasteiger partial charge in [-0.25, -0.2) is 19.6 Å². The first-order valence-electron chi connectivity index (χ1n) is 12.3. The van der Waals surface area contributed by atoms with Crippen molar-refractivity contribution in [2.24, 2.45) is 5.73 Å². The zero-order chi connectivity index (χ0) is 25.5. The Kier molecular flexibility index (Phi) is 9.50. The van der Waals surface area contributed by atoms with Crippen molar-refractivity contribution in [1.29, 1.82) is 0 Å². The Hall–Kier alpha value is -2.30. The summed E-state index contributed by atoms with van der Waals surface area (Å²) < 4.78 is 11.6. The van der Waals surface area contributed by atoms with Crippen LogP contribution in [0.15, 0.2) is 24.3 Å². The van der Waals surface area contributed by atoms with Gasteiger partial charge in [-0.15, -0.1) is 0 Å². The first kappa shape index (κ1) is 26.8. The first-order chi connectivity index (χ1) is 17.4. The standard InChI is InChI=1S/C25H31Cl2N5O4/c26-16-10-18-14-29-7-4-20(35-24(33)22(12-16)30-18)2-1-3-21-5-8-32(9-6-28)15-19-11-17(27)13-23(31-19)25(34)36-21/h10-13,20-21,29H,1-9,14-15,28H2/t20-,21-/m1/s1. The van der Waals surface area contributed by atoms with Crippen LogP contribution in [-0.2, 0) is 22.6 Å². The van der Waals surface area contributed by atoms with Crippen molar-refractivity contribution < 1.29 is 19.1 Å². The summed E-state index contributed by atoms with van der Waals surface area (Å²) in [5.41, 5.74) is 7.64. The van der Waals surface area contributed by atoms with Crippen molar-refractivity contribution in [1.82, 2.24) is 20.2 Å². The first-order valence-corrected chi connectivity index (χ1v) is 13.0. The van der Waals surface area contributed by atoms with Crippen LogP contribution < -0.4 is 11.1 Å². The van der Waals surface area contributed by atoms with Crippen LogP contribution in [0.25, 0.3) is 0 Å². The summed E-state index contributed by atoms with van der Waals surface area (Å²) in [5, 5.41) is 4.22. The molecule has 0 radical (unpaired) electrons. The number of esters is 2. The minimum Gasteiger partial charge on any atom is -0.458 e. The Morgan fingerprint density at radius 1 is 0.944 bits per heavy atom. The topological polar surface area (TPSA) is 120 Å². The molecular weight excluding hydrogens is 505 g/mol. The van der Waals surface area contributed by atoms with Crippen molar-refractivity contribution in [3.05, 3.63) is 57.1 Å². The van der Waals surface area contributed by atoms with Crippen molar-refractivity contribution in [2.45, 2.75) is 57.4 Å². The highest BCUT2D eigenvalue weighted by atomic mass is 35.5. The van der Waals surface area contributed by atoms with E-state index in [0.717, 1.165) is 6.42 Å². The number of nitrogens with one attached hydrogen (secondary N) is 1. The van der Waals surface area contributed by atoms with E-state index in [2.05, 4.69) is 20.2 Å². The molecule has 0 fully saturated rings. The van der Waals surface area contributed by atoms with Crippen molar-refractivity contribution >= 4 is 35.1 Å². The minimum absolute atomic E-state index is 0.206. The second-order valence-electron chi connectivity index (χ2n) is 9.13. The van der Waals surface area contributed by atoms with E-state index in [4.69, 9.17) is 38.4 Å². The highest BCUT2D eigenvalue weighted by molar-refractivity contribution is 6.31. The molecule has 2 aromatic heterocycles. The van der Waals surface area contributed by atoms with Crippen molar-refractivity contribution in [3.63, 3.8) is 0 Å². The van der Waals surface area contributed by atoms with E-state index in [9.17, 15) is 9.59 Å². The van der Waals surface area contributed by atoms with Gasteiger partial charge in [-0.1, -0.05) is 23.2 Å². The van der Waals surface area contributed by atoms with Crippen LogP contribution in [-0.4, -0.2) is 65.2 Å². The minimum atomic E-state index is -0.479. The molecule has 2 aliphatic heterocycles. The number of nitrogens with zero attached hydrogens (tertiary/aromatic N) is 3. The maximum atomic E-state index is 12.8. The summed E-state index contributed by atoms with van der Waals surface area (Å²) in [6, 6.07) is 6.55. The lowest BCUT2D eigenvalue weighted by Gasteiger charge is -2.27. The molecule has 0 saturated heterocycles. The summed E-state index contributed by atoms with van der Waals surface area (Å²) >= 11 is 12.4. The number of carbonyl (C=O) groups is 2. The van der Waals surface area contributed by atoms with E-state index in [0.29, 0.717) is 86.4 Å². The SMILES string of the molecule is NCCN1CC[C@@H](CCC[C@@H]2CCNCc3cc(Cl)cc(n3)C(=O)O2)OC(=O)c2cc(Cl)cc(n2)C1. The normalized spacial score (nSPS) is 21.4. The molecule has 3 N–H and O–H groups in total. The summed E-state index contributed by atoms with van der Waals surface area (Å²) in [7, 11) is 0. The molecule has 2 aromatic rings. The molecule has 0 unspecified atom stereocenters. The molecule has 0 amide bonds. The van der Waals surface area contributed by atoms with Crippen LogP contribution in [0.4, 0.5) is 0 Å². The van der Waals surface area contributed by atoms with Crippen LogP contribution in [0, 0.1) is 0 Å². The maximum absolute atomic E-state index is 12.8. The molecule has 2 atom stereocenters. The quantitative estimate of drug-likeness (QED) is 0.536. The van der Waals surface area contributed by atoms with E-state index in [1.807, 2.05) is 0 Å². The van der Waals surface area contributed by atoms with Gasteiger partial charge in [0.2, 0.25) is 0 Å². The summed E-state index contributed by atoms with van der Waals surface area (Å²) in [6.07, 6.45) is 2.75. The predicted molar refractivity (Wildman–Crippen MR) is 136 cm³/mol. The van der Waals surface area contributed by atoms with E-state index in [1.54, 1.807) is 12.1 Å². The number of pyridine rings is 2.